The van der Waals surface area contributed by atoms with Crippen LogP contribution in [0.4, 0.5) is 25.8 Å². The molecule has 0 radical (unpaired) electrons. The average molecular weight is 350 g/mol. The van der Waals surface area contributed by atoms with Gasteiger partial charge in [-0.1, -0.05) is 12.1 Å². The van der Waals surface area contributed by atoms with Crippen molar-refractivity contribution in [1.82, 2.24) is 4.98 Å². The molecule has 0 unspecified atom stereocenters. The molecule has 0 bridgehead atoms. The number of benzene rings is 2. The quantitative estimate of drug-likeness (QED) is 0.525. The van der Waals surface area contributed by atoms with Gasteiger partial charge < -0.3 is 11.1 Å². The molecule has 3 nitrogen and oxygen atoms in total. The van der Waals surface area contributed by atoms with Crippen molar-refractivity contribution >= 4 is 43.9 Å². The summed E-state index contributed by atoms with van der Waals surface area (Å²) in [6.45, 7) is 0. The van der Waals surface area contributed by atoms with Crippen LogP contribution in [0, 0.1) is 11.6 Å². The van der Waals surface area contributed by atoms with Crippen molar-refractivity contribution in [2.24, 2.45) is 0 Å². The Morgan fingerprint density at radius 3 is 2.67 bits per heavy atom. The highest BCUT2D eigenvalue weighted by atomic mass is 79.9. The molecule has 2 aromatic carbocycles. The number of halogens is 3. The van der Waals surface area contributed by atoms with E-state index in [0.717, 1.165) is 11.5 Å². The second-order valence-corrected chi connectivity index (χ2v) is 5.33. The van der Waals surface area contributed by atoms with Crippen LogP contribution in [0.25, 0.3) is 10.9 Å². The topological polar surface area (TPSA) is 50.9 Å². The van der Waals surface area contributed by atoms with Crippen molar-refractivity contribution in [3.05, 3.63) is 58.7 Å². The zero-order chi connectivity index (χ0) is 15.0. The average Bonchev–Trinajstić information content (AvgIpc) is 2.46. The van der Waals surface area contributed by atoms with Gasteiger partial charge in [0.1, 0.15) is 11.6 Å². The molecule has 1 heterocycles. The number of pyridine rings is 1. The second-order valence-electron chi connectivity index (χ2n) is 4.47. The number of fused-ring (bicyclic) bond motifs is 1. The summed E-state index contributed by atoms with van der Waals surface area (Å²) in [7, 11) is 0. The van der Waals surface area contributed by atoms with Gasteiger partial charge in [0, 0.05) is 23.3 Å². The van der Waals surface area contributed by atoms with Gasteiger partial charge in [-0.25, -0.2) is 8.78 Å². The lowest BCUT2D eigenvalue weighted by atomic mass is 10.1. The Balaban J connectivity index is 2.11. The summed E-state index contributed by atoms with van der Waals surface area (Å²) in [5, 5.41) is 3.70. The summed E-state index contributed by atoms with van der Waals surface area (Å²) >= 11 is 3.04. The predicted octanol–water partition coefficient (Wildman–Crippen LogP) is 4.60. The molecule has 0 spiro atoms. The number of nitrogens with two attached hydrogens (primary N) is 1. The molecule has 0 saturated heterocycles. The maximum Gasteiger partial charge on any atom is 0.149 e. The molecule has 1 aromatic heterocycles. The molecule has 106 valence electrons. The molecule has 0 saturated carbocycles. The van der Waals surface area contributed by atoms with Crippen LogP contribution in [-0.2, 0) is 0 Å². The van der Waals surface area contributed by atoms with Gasteiger partial charge in [-0.2, -0.15) is 0 Å². The van der Waals surface area contributed by atoms with Gasteiger partial charge in [-0.3, -0.25) is 4.98 Å². The molecule has 21 heavy (non-hydrogen) atoms. The number of anilines is 3. The van der Waals surface area contributed by atoms with Crippen LogP contribution in [0.3, 0.4) is 0 Å². The van der Waals surface area contributed by atoms with Crippen LogP contribution >= 0.6 is 15.9 Å². The van der Waals surface area contributed by atoms with Crippen LogP contribution < -0.4 is 11.1 Å². The summed E-state index contributed by atoms with van der Waals surface area (Å²) in [5.74, 6) is -1.33. The number of hydrogen-bond acceptors (Lipinski definition) is 3. The first-order chi connectivity index (χ1) is 10.1. The van der Waals surface area contributed by atoms with Crippen LogP contribution in [0.15, 0.2) is 47.1 Å². The molecule has 0 aliphatic heterocycles. The fraction of sp³-hybridized carbons (Fsp3) is 0. The molecular weight excluding hydrogens is 340 g/mol. The van der Waals surface area contributed by atoms with Crippen molar-refractivity contribution in [1.29, 1.82) is 0 Å². The zero-order valence-corrected chi connectivity index (χ0v) is 12.3. The predicted molar refractivity (Wildman–Crippen MR) is 83.5 cm³/mol. The number of nitrogens with zero attached hydrogens (tertiary/aromatic N) is 1. The SMILES string of the molecule is Nc1cccc2c(Nc3cc(Br)c(F)cc3F)ccnc12. The summed E-state index contributed by atoms with van der Waals surface area (Å²) < 4.78 is 27.3. The fourth-order valence-corrected chi connectivity index (χ4v) is 2.41. The van der Waals surface area contributed by atoms with E-state index in [1.165, 1.54) is 6.07 Å². The first kappa shape index (κ1) is 13.8. The Bertz CT molecular complexity index is 837. The Morgan fingerprint density at radius 2 is 1.86 bits per heavy atom. The van der Waals surface area contributed by atoms with Crippen LogP contribution in [0.5, 0.6) is 0 Å². The molecular formula is C15H10BrF2N3. The van der Waals surface area contributed by atoms with E-state index in [9.17, 15) is 8.78 Å². The van der Waals surface area contributed by atoms with Gasteiger partial charge in [-0.15, -0.1) is 0 Å². The monoisotopic (exact) mass is 349 g/mol. The van der Waals surface area contributed by atoms with E-state index < -0.39 is 11.6 Å². The zero-order valence-electron chi connectivity index (χ0n) is 10.7. The highest BCUT2D eigenvalue weighted by Gasteiger charge is 2.10. The van der Waals surface area contributed by atoms with E-state index in [-0.39, 0.29) is 10.2 Å². The Hall–Kier alpha value is -2.21. The second kappa shape index (κ2) is 5.29. The fourth-order valence-electron chi connectivity index (χ4n) is 2.07. The van der Waals surface area contributed by atoms with E-state index in [0.29, 0.717) is 16.9 Å². The number of hydrogen-bond donors (Lipinski definition) is 2. The summed E-state index contributed by atoms with van der Waals surface area (Å²) in [6, 6.07) is 9.25. The van der Waals surface area contributed by atoms with E-state index in [2.05, 4.69) is 26.2 Å². The lowest BCUT2D eigenvalue weighted by Gasteiger charge is -2.11. The van der Waals surface area contributed by atoms with Crippen molar-refractivity contribution in [2.75, 3.05) is 11.1 Å². The van der Waals surface area contributed by atoms with Crippen LogP contribution in [-0.4, -0.2) is 4.98 Å². The number of aromatic nitrogens is 1. The molecule has 0 fully saturated rings. The van der Waals surface area contributed by atoms with Crippen molar-refractivity contribution in [2.45, 2.75) is 0 Å². The van der Waals surface area contributed by atoms with Gasteiger partial charge in [0.05, 0.1) is 21.4 Å². The number of nitrogen functional groups attached to an aromatic ring is 1. The van der Waals surface area contributed by atoms with Crippen molar-refractivity contribution in [3.63, 3.8) is 0 Å². The maximum atomic E-state index is 13.8. The molecule has 3 aromatic rings. The molecule has 6 heteroatoms. The first-order valence-electron chi connectivity index (χ1n) is 6.11. The van der Waals surface area contributed by atoms with Gasteiger partial charge in [0.2, 0.25) is 0 Å². The Kier molecular flexibility index (Phi) is 3.47. The lowest BCUT2D eigenvalue weighted by Crippen LogP contribution is -1.98. The minimum Gasteiger partial charge on any atom is -0.397 e. The molecule has 3 rings (SSSR count). The number of nitrogens with one attached hydrogen (secondary N) is 1. The molecule has 0 atom stereocenters. The first-order valence-corrected chi connectivity index (χ1v) is 6.90. The number of rotatable bonds is 2. The standard InChI is InChI=1S/C15H10BrF2N3/c16-9-6-14(11(18)7-10(9)17)21-13-4-5-20-15-8(13)2-1-3-12(15)19/h1-7H,19H2,(H,20,21). The normalized spacial score (nSPS) is 10.8. The van der Waals surface area contributed by atoms with E-state index in [1.807, 2.05) is 6.07 Å². The smallest absolute Gasteiger partial charge is 0.149 e. The van der Waals surface area contributed by atoms with Gasteiger partial charge >= 0.3 is 0 Å². The summed E-state index contributed by atoms with van der Waals surface area (Å²) in [6.07, 6.45) is 1.58. The highest BCUT2D eigenvalue weighted by molar-refractivity contribution is 9.10. The van der Waals surface area contributed by atoms with Gasteiger partial charge in [-0.05, 0) is 34.1 Å². The molecule has 0 amide bonds. The van der Waals surface area contributed by atoms with E-state index in [4.69, 9.17) is 5.73 Å². The minimum atomic E-state index is -0.676. The number of para-hydroxylation sites is 1. The summed E-state index contributed by atoms with van der Waals surface area (Å²) in [5.41, 5.74) is 7.85. The third-order valence-electron chi connectivity index (χ3n) is 3.08. The molecule has 3 N–H and O–H groups in total. The minimum absolute atomic E-state index is 0.165. The largest absolute Gasteiger partial charge is 0.397 e. The van der Waals surface area contributed by atoms with Crippen LogP contribution in [0.2, 0.25) is 0 Å². The molecule has 0 aliphatic carbocycles. The lowest BCUT2D eigenvalue weighted by molar-refractivity contribution is 0.581. The Morgan fingerprint density at radius 1 is 1.05 bits per heavy atom. The van der Waals surface area contributed by atoms with Gasteiger partial charge in [0.15, 0.2) is 0 Å². The third-order valence-corrected chi connectivity index (χ3v) is 3.69. The van der Waals surface area contributed by atoms with Gasteiger partial charge in [0.25, 0.3) is 0 Å². The van der Waals surface area contributed by atoms with Crippen molar-refractivity contribution < 1.29 is 8.78 Å². The van der Waals surface area contributed by atoms with E-state index >= 15 is 0 Å². The summed E-state index contributed by atoms with van der Waals surface area (Å²) in [4.78, 5) is 4.21. The molecule has 0 aliphatic rings. The van der Waals surface area contributed by atoms with E-state index in [1.54, 1.807) is 24.4 Å². The Labute approximate surface area is 127 Å². The van der Waals surface area contributed by atoms with Crippen LogP contribution in [0.1, 0.15) is 0 Å². The highest BCUT2D eigenvalue weighted by Crippen LogP contribution is 2.31. The van der Waals surface area contributed by atoms with Crippen molar-refractivity contribution in [3.8, 4) is 0 Å². The maximum absolute atomic E-state index is 13.8. The third kappa shape index (κ3) is 2.54.